The maximum absolute atomic E-state index is 5.62. The Morgan fingerprint density at radius 1 is 1.17 bits per heavy atom. The average Bonchev–Trinajstić information content (AvgIpc) is 2.41. The molecule has 1 nitrogen and oxygen atoms in total. The summed E-state index contributed by atoms with van der Waals surface area (Å²) < 4.78 is 0. The van der Waals surface area contributed by atoms with Crippen LogP contribution >= 0.6 is 11.8 Å². The molecule has 1 aliphatic rings. The molecule has 0 aromatic heterocycles. The van der Waals surface area contributed by atoms with Crippen molar-refractivity contribution in [3.05, 3.63) is 29.8 Å². The first-order valence-electron chi connectivity index (χ1n) is 7.26. The summed E-state index contributed by atoms with van der Waals surface area (Å²) in [5, 5.41) is 0.853. The van der Waals surface area contributed by atoms with Gasteiger partial charge in [-0.25, -0.2) is 0 Å². The van der Waals surface area contributed by atoms with E-state index in [0.29, 0.717) is 5.92 Å². The quantitative estimate of drug-likeness (QED) is 0.842. The van der Waals surface area contributed by atoms with Gasteiger partial charge in [0.05, 0.1) is 0 Å². The number of hydrogen-bond acceptors (Lipinski definition) is 2. The van der Waals surface area contributed by atoms with Crippen molar-refractivity contribution in [2.45, 2.75) is 61.5 Å². The molecule has 1 aromatic rings. The standard InChI is InChI=1S/C16H25NS/c1-13(11-12-17)14-7-9-16(10-8-14)18-15-5-3-2-4-6-15/h7-10,13,15H,2-6,11-12,17H2,1H3. The summed E-state index contributed by atoms with van der Waals surface area (Å²) in [6, 6.07) is 9.15. The second-order valence-electron chi connectivity index (χ2n) is 5.43. The number of rotatable bonds is 5. The zero-order valence-electron chi connectivity index (χ0n) is 11.4. The van der Waals surface area contributed by atoms with E-state index in [4.69, 9.17) is 5.73 Å². The Balaban J connectivity index is 1.90. The van der Waals surface area contributed by atoms with Gasteiger partial charge in [0.25, 0.3) is 0 Å². The van der Waals surface area contributed by atoms with Crippen molar-refractivity contribution in [1.29, 1.82) is 0 Å². The van der Waals surface area contributed by atoms with Crippen molar-refractivity contribution >= 4 is 11.8 Å². The van der Waals surface area contributed by atoms with Gasteiger partial charge in [0.2, 0.25) is 0 Å². The van der Waals surface area contributed by atoms with Crippen molar-refractivity contribution in [3.8, 4) is 0 Å². The van der Waals surface area contributed by atoms with Gasteiger partial charge < -0.3 is 5.73 Å². The summed E-state index contributed by atoms with van der Waals surface area (Å²) in [7, 11) is 0. The molecule has 1 aromatic carbocycles. The van der Waals surface area contributed by atoms with Gasteiger partial charge in [-0.3, -0.25) is 0 Å². The molecule has 0 radical (unpaired) electrons. The first-order chi connectivity index (χ1) is 8.79. The van der Waals surface area contributed by atoms with Crippen LogP contribution in [0.25, 0.3) is 0 Å². The summed E-state index contributed by atoms with van der Waals surface area (Å²) in [5.74, 6) is 0.587. The van der Waals surface area contributed by atoms with E-state index in [1.165, 1.54) is 42.6 Å². The van der Waals surface area contributed by atoms with Gasteiger partial charge in [0.15, 0.2) is 0 Å². The molecule has 1 aliphatic carbocycles. The van der Waals surface area contributed by atoms with E-state index in [1.807, 2.05) is 0 Å². The van der Waals surface area contributed by atoms with E-state index in [9.17, 15) is 0 Å². The lowest BCUT2D eigenvalue weighted by Crippen LogP contribution is -2.07. The maximum Gasteiger partial charge on any atom is 0.00944 e. The zero-order valence-corrected chi connectivity index (χ0v) is 12.2. The molecule has 18 heavy (non-hydrogen) atoms. The Morgan fingerprint density at radius 3 is 2.44 bits per heavy atom. The molecular formula is C16H25NS. The van der Waals surface area contributed by atoms with Gasteiger partial charge in [-0.1, -0.05) is 38.3 Å². The van der Waals surface area contributed by atoms with Crippen LogP contribution in [0.3, 0.4) is 0 Å². The normalized spacial score (nSPS) is 18.8. The fraction of sp³-hybridized carbons (Fsp3) is 0.625. The second-order valence-corrected chi connectivity index (χ2v) is 6.80. The van der Waals surface area contributed by atoms with Crippen LogP contribution < -0.4 is 5.73 Å². The van der Waals surface area contributed by atoms with Crippen molar-refractivity contribution in [2.75, 3.05) is 6.54 Å². The lowest BCUT2D eigenvalue weighted by molar-refractivity contribution is 0.516. The molecule has 0 saturated heterocycles. The molecule has 1 fully saturated rings. The van der Waals surface area contributed by atoms with Crippen LogP contribution in [0, 0.1) is 0 Å². The molecule has 0 aliphatic heterocycles. The Hall–Kier alpha value is -0.470. The minimum atomic E-state index is 0.587. The van der Waals surface area contributed by atoms with Crippen molar-refractivity contribution in [1.82, 2.24) is 0 Å². The number of nitrogens with two attached hydrogens (primary N) is 1. The molecule has 2 N–H and O–H groups in total. The van der Waals surface area contributed by atoms with Gasteiger partial charge in [-0.15, -0.1) is 11.8 Å². The third-order valence-electron chi connectivity index (χ3n) is 3.90. The second kappa shape index (κ2) is 7.20. The van der Waals surface area contributed by atoms with E-state index < -0.39 is 0 Å². The van der Waals surface area contributed by atoms with Crippen LogP contribution in [0.4, 0.5) is 0 Å². The van der Waals surface area contributed by atoms with Crippen molar-refractivity contribution in [2.24, 2.45) is 5.73 Å². The van der Waals surface area contributed by atoms with E-state index >= 15 is 0 Å². The SMILES string of the molecule is CC(CCN)c1ccc(SC2CCCCC2)cc1. The van der Waals surface area contributed by atoms with E-state index in [1.54, 1.807) is 0 Å². The molecule has 0 heterocycles. The van der Waals surface area contributed by atoms with Gasteiger partial charge in [0.1, 0.15) is 0 Å². The molecular weight excluding hydrogens is 238 g/mol. The predicted octanol–water partition coefficient (Wildman–Crippen LogP) is 4.56. The van der Waals surface area contributed by atoms with Crippen LogP contribution in [-0.2, 0) is 0 Å². The number of thioether (sulfide) groups is 1. The van der Waals surface area contributed by atoms with Gasteiger partial charge in [-0.05, 0) is 49.4 Å². The molecule has 1 unspecified atom stereocenters. The number of benzene rings is 1. The van der Waals surface area contributed by atoms with Gasteiger partial charge in [-0.2, -0.15) is 0 Å². The van der Waals surface area contributed by atoms with Gasteiger partial charge >= 0.3 is 0 Å². The van der Waals surface area contributed by atoms with Crippen LogP contribution in [0.15, 0.2) is 29.2 Å². The van der Waals surface area contributed by atoms with Crippen LogP contribution in [0.5, 0.6) is 0 Å². The van der Waals surface area contributed by atoms with Crippen LogP contribution in [-0.4, -0.2) is 11.8 Å². The molecule has 0 spiro atoms. The highest BCUT2D eigenvalue weighted by Crippen LogP contribution is 2.34. The van der Waals surface area contributed by atoms with Crippen molar-refractivity contribution < 1.29 is 0 Å². The third kappa shape index (κ3) is 4.03. The largest absolute Gasteiger partial charge is 0.330 e. The topological polar surface area (TPSA) is 26.0 Å². The molecule has 2 rings (SSSR count). The summed E-state index contributed by atoms with van der Waals surface area (Å²) in [5.41, 5.74) is 7.04. The van der Waals surface area contributed by atoms with Crippen molar-refractivity contribution in [3.63, 3.8) is 0 Å². The number of hydrogen-bond donors (Lipinski definition) is 1. The first-order valence-corrected chi connectivity index (χ1v) is 8.14. The lowest BCUT2D eigenvalue weighted by Gasteiger charge is -2.21. The Bertz CT molecular complexity index is 341. The Labute approximate surface area is 116 Å². The smallest absolute Gasteiger partial charge is 0.00944 e. The minimum Gasteiger partial charge on any atom is -0.330 e. The summed E-state index contributed by atoms with van der Waals surface area (Å²) in [4.78, 5) is 1.44. The minimum absolute atomic E-state index is 0.587. The predicted molar refractivity (Wildman–Crippen MR) is 81.3 cm³/mol. The van der Waals surface area contributed by atoms with Crippen LogP contribution in [0.2, 0.25) is 0 Å². The summed E-state index contributed by atoms with van der Waals surface area (Å²) >= 11 is 2.07. The van der Waals surface area contributed by atoms with E-state index in [2.05, 4.69) is 43.0 Å². The Morgan fingerprint density at radius 2 is 1.83 bits per heavy atom. The van der Waals surface area contributed by atoms with E-state index in [-0.39, 0.29) is 0 Å². The lowest BCUT2D eigenvalue weighted by atomic mass is 9.98. The molecule has 100 valence electrons. The summed E-state index contributed by atoms with van der Waals surface area (Å²) in [6.07, 6.45) is 8.15. The summed E-state index contributed by atoms with van der Waals surface area (Å²) in [6.45, 7) is 3.04. The average molecular weight is 263 g/mol. The van der Waals surface area contributed by atoms with E-state index in [0.717, 1.165) is 18.2 Å². The van der Waals surface area contributed by atoms with Gasteiger partial charge in [0, 0.05) is 10.1 Å². The fourth-order valence-electron chi connectivity index (χ4n) is 2.67. The molecule has 0 bridgehead atoms. The molecule has 1 atom stereocenters. The first kappa shape index (κ1) is 14.0. The monoisotopic (exact) mass is 263 g/mol. The zero-order chi connectivity index (χ0) is 12.8. The molecule has 2 heteroatoms. The maximum atomic E-state index is 5.62. The third-order valence-corrected chi connectivity index (χ3v) is 5.25. The Kier molecular flexibility index (Phi) is 5.58. The highest BCUT2D eigenvalue weighted by Gasteiger charge is 2.14. The highest BCUT2D eigenvalue weighted by molar-refractivity contribution is 8.00. The fourth-order valence-corrected chi connectivity index (χ4v) is 3.91. The molecule has 1 saturated carbocycles. The molecule has 0 amide bonds. The highest BCUT2D eigenvalue weighted by atomic mass is 32.2. The van der Waals surface area contributed by atoms with Crippen LogP contribution in [0.1, 0.15) is 56.9 Å².